The van der Waals surface area contributed by atoms with E-state index < -0.39 is 35.0 Å². The molecule has 0 amide bonds. The lowest BCUT2D eigenvalue weighted by atomic mass is 10.1. The van der Waals surface area contributed by atoms with Crippen molar-refractivity contribution in [3.05, 3.63) is 35.5 Å². The fourth-order valence-electron chi connectivity index (χ4n) is 1.79. The first-order valence-electron chi connectivity index (χ1n) is 5.36. The highest BCUT2D eigenvalue weighted by Crippen LogP contribution is 2.41. The Bertz CT molecular complexity index is 702. The molecule has 0 aliphatic heterocycles. The van der Waals surface area contributed by atoms with Crippen molar-refractivity contribution in [3.8, 4) is 5.75 Å². The van der Waals surface area contributed by atoms with Crippen LogP contribution in [0.5, 0.6) is 5.75 Å². The molecule has 0 unspecified atom stereocenters. The maximum absolute atomic E-state index is 12.9. The van der Waals surface area contributed by atoms with Crippen LogP contribution in [-0.4, -0.2) is 16.8 Å². The zero-order valence-corrected chi connectivity index (χ0v) is 10.7. The van der Waals surface area contributed by atoms with Crippen LogP contribution in [0.2, 0.25) is 0 Å². The number of carbonyl (C=O) groups is 1. The monoisotopic (exact) mass is 325 g/mol. The van der Waals surface area contributed by atoms with Crippen molar-refractivity contribution >= 4 is 27.7 Å². The smallest absolute Gasteiger partial charge is 0.432 e. The summed E-state index contributed by atoms with van der Waals surface area (Å²) in [5.41, 5.74) is -2.74. The molecule has 0 saturated carbocycles. The first-order valence-corrected chi connectivity index (χ1v) is 5.74. The standard InChI is InChI=1S/C12H5ClF5NO2/c13-10(20)7-5-3-1-2-4-6(5)19-9(12(16,17)18)8(7)21-11(14)15/h1-4,11H. The second kappa shape index (κ2) is 5.44. The largest absolute Gasteiger partial charge is 0.437 e. The van der Waals surface area contributed by atoms with Crippen LogP contribution >= 0.6 is 11.6 Å². The lowest BCUT2D eigenvalue weighted by Crippen LogP contribution is -2.16. The van der Waals surface area contributed by atoms with E-state index in [4.69, 9.17) is 11.6 Å². The van der Waals surface area contributed by atoms with Crippen LogP contribution in [0.1, 0.15) is 16.1 Å². The van der Waals surface area contributed by atoms with Crippen LogP contribution in [0.4, 0.5) is 22.0 Å². The van der Waals surface area contributed by atoms with Gasteiger partial charge in [0.25, 0.3) is 5.24 Å². The molecule has 0 aliphatic rings. The third kappa shape index (κ3) is 3.05. The molecule has 0 atom stereocenters. The number of ether oxygens (including phenoxy) is 1. The molecule has 1 heterocycles. The summed E-state index contributed by atoms with van der Waals surface area (Å²) in [6.07, 6.45) is -5.09. The van der Waals surface area contributed by atoms with Crippen LogP contribution in [0.25, 0.3) is 10.9 Å². The van der Waals surface area contributed by atoms with Gasteiger partial charge in [0.05, 0.1) is 11.1 Å². The van der Waals surface area contributed by atoms with Gasteiger partial charge in [-0.1, -0.05) is 18.2 Å². The van der Waals surface area contributed by atoms with Crippen molar-refractivity contribution < 1.29 is 31.5 Å². The molecule has 9 heteroatoms. The first kappa shape index (κ1) is 15.4. The molecule has 1 aromatic heterocycles. The summed E-state index contributed by atoms with van der Waals surface area (Å²) < 4.78 is 67.4. The summed E-state index contributed by atoms with van der Waals surface area (Å²) in [4.78, 5) is 14.6. The minimum absolute atomic E-state index is 0.110. The van der Waals surface area contributed by atoms with E-state index in [9.17, 15) is 26.7 Å². The van der Waals surface area contributed by atoms with Gasteiger partial charge in [-0.3, -0.25) is 4.79 Å². The Morgan fingerprint density at radius 1 is 1.24 bits per heavy atom. The van der Waals surface area contributed by atoms with Crippen LogP contribution in [0, 0.1) is 0 Å². The number of aromatic nitrogens is 1. The van der Waals surface area contributed by atoms with Crippen molar-refractivity contribution in [1.82, 2.24) is 4.98 Å². The average Bonchev–Trinajstić information content (AvgIpc) is 2.35. The molecular formula is C12H5ClF5NO2. The Labute approximate surface area is 119 Å². The summed E-state index contributed by atoms with van der Waals surface area (Å²) in [5, 5.41) is -1.46. The van der Waals surface area contributed by atoms with E-state index in [1.165, 1.54) is 24.3 Å². The minimum atomic E-state index is -5.09. The highest BCUT2D eigenvalue weighted by atomic mass is 35.5. The van der Waals surface area contributed by atoms with Crippen molar-refractivity contribution in [2.45, 2.75) is 12.8 Å². The van der Waals surface area contributed by atoms with Crippen LogP contribution in [0.15, 0.2) is 24.3 Å². The zero-order valence-electron chi connectivity index (χ0n) is 9.92. The number of carbonyl (C=O) groups excluding carboxylic acids is 1. The van der Waals surface area contributed by atoms with E-state index in [0.717, 1.165) is 0 Å². The molecule has 1 aromatic carbocycles. The highest BCUT2D eigenvalue weighted by molar-refractivity contribution is 6.69. The number of nitrogens with zero attached hydrogens (tertiary/aromatic N) is 1. The van der Waals surface area contributed by atoms with E-state index in [1.807, 2.05) is 0 Å². The van der Waals surface area contributed by atoms with Gasteiger partial charge in [-0.2, -0.15) is 22.0 Å². The Hall–Kier alpha value is -1.96. The van der Waals surface area contributed by atoms with E-state index in [1.54, 1.807) is 0 Å². The predicted molar refractivity (Wildman–Crippen MR) is 63.6 cm³/mol. The lowest BCUT2D eigenvalue weighted by molar-refractivity contribution is -0.145. The number of benzene rings is 1. The van der Waals surface area contributed by atoms with Gasteiger partial charge in [-0.15, -0.1) is 0 Å². The van der Waals surface area contributed by atoms with Crippen molar-refractivity contribution in [3.63, 3.8) is 0 Å². The summed E-state index contributed by atoms with van der Waals surface area (Å²) in [5.74, 6) is -1.38. The fourth-order valence-corrected chi connectivity index (χ4v) is 1.97. The molecule has 2 rings (SSSR count). The fraction of sp³-hybridized carbons (Fsp3) is 0.167. The Morgan fingerprint density at radius 3 is 2.38 bits per heavy atom. The van der Waals surface area contributed by atoms with Gasteiger partial charge in [0.1, 0.15) is 0 Å². The zero-order chi connectivity index (χ0) is 15.8. The predicted octanol–water partition coefficient (Wildman–Crippen LogP) is 4.23. The lowest BCUT2D eigenvalue weighted by Gasteiger charge is -2.16. The van der Waals surface area contributed by atoms with Crippen molar-refractivity contribution in [2.75, 3.05) is 0 Å². The number of alkyl halides is 5. The summed E-state index contributed by atoms with van der Waals surface area (Å²) in [7, 11) is 0. The number of rotatable bonds is 3. The van der Waals surface area contributed by atoms with Gasteiger partial charge in [0.2, 0.25) is 0 Å². The number of hydrogen-bond donors (Lipinski definition) is 0. The molecule has 112 valence electrons. The molecule has 0 N–H and O–H groups in total. The van der Waals surface area contributed by atoms with Gasteiger partial charge >= 0.3 is 12.8 Å². The number of halogens is 6. The second-order valence-corrected chi connectivity index (χ2v) is 4.17. The molecule has 0 aliphatic carbocycles. The Kier molecular flexibility index (Phi) is 3.99. The molecule has 3 nitrogen and oxygen atoms in total. The maximum atomic E-state index is 12.9. The Morgan fingerprint density at radius 2 is 1.86 bits per heavy atom. The van der Waals surface area contributed by atoms with Gasteiger partial charge < -0.3 is 4.74 Å². The Balaban J connectivity index is 2.91. The third-order valence-electron chi connectivity index (χ3n) is 2.52. The topological polar surface area (TPSA) is 39.2 Å². The van der Waals surface area contributed by atoms with Crippen LogP contribution < -0.4 is 4.74 Å². The van der Waals surface area contributed by atoms with Crippen LogP contribution in [-0.2, 0) is 6.18 Å². The van der Waals surface area contributed by atoms with Crippen molar-refractivity contribution in [2.24, 2.45) is 0 Å². The van der Waals surface area contributed by atoms with E-state index >= 15 is 0 Å². The molecule has 0 bridgehead atoms. The SMILES string of the molecule is O=C(Cl)c1c(OC(F)F)c(C(F)(F)F)nc2ccccc12. The normalized spacial score (nSPS) is 12.0. The number of pyridine rings is 1. The maximum Gasteiger partial charge on any atom is 0.437 e. The van der Waals surface area contributed by atoms with Gasteiger partial charge in [-0.25, -0.2) is 4.98 Å². The van der Waals surface area contributed by atoms with Gasteiger partial charge in [0.15, 0.2) is 11.4 Å². The first-order chi connectivity index (χ1) is 9.71. The summed E-state index contributed by atoms with van der Waals surface area (Å²) in [6, 6.07) is 5.20. The van der Waals surface area contributed by atoms with E-state index in [-0.39, 0.29) is 10.9 Å². The van der Waals surface area contributed by atoms with Gasteiger partial charge in [0, 0.05) is 5.39 Å². The molecule has 21 heavy (non-hydrogen) atoms. The third-order valence-corrected chi connectivity index (χ3v) is 2.71. The van der Waals surface area contributed by atoms with Gasteiger partial charge in [-0.05, 0) is 17.7 Å². The second-order valence-electron chi connectivity index (χ2n) is 3.83. The molecule has 2 aromatic rings. The molecule has 0 spiro atoms. The molecule has 0 saturated heterocycles. The molecule has 0 radical (unpaired) electrons. The van der Waals surface area contributed by atoms with E-state index in [0.29, 0.717) is 0 Å². The number of hydrogen-bond acceptors (Lipinski definition) is 3. The summed E-state index contributed by atoms with van der Waals surface area (Å²) >= 11 is 5.23. The van der Waals surface area contributed by atoms with Crippen molar-refractivity contribution in [1.29, 1.82) is 0 Å². The number of para-hydroxylation sites is 1. The highest BCUT2D eigenvalue weighted by Gasteiger charge is 2.40. The molecule has 0 fully saturated rings. The quantitative estimate of drug-likeness (QED) is 0.626. The van der Waals surface area contributed by atoms with E-state index in [2.05, 4.69) is 9.72 Å². The average molecular weight is 326 g/mol. The number of fused-ring (bicyclic) bond motifs is 1. The van der Waals surface area contributed by atoms with Crippen LogP contribution in [0.3, 0.4) is 0 Å². The minimum Gasteiger partial charge on any atom is -0.432 e. The molecular weight excluding hydrogens is 321 g/mol. The summed E-state index contributed by atoms with van der Waals surface area (Å²) in [6.45, 7) is -3.57.